The van der Waals surface area contributed by atoms with Crippen LogP contribution in [0.1, 0.15) is 25.7 Å². The van der Waals surface area contributed by atoms with Gasteiger partial charge < -0.3 is 5.32 Å². The molecule has 2 atom stereocenters. The van der Waals surface area contributed by atoms with Crippen LogP contribution in [0, 0.1) is 16.2 Å². The Balaban J connectivity index is 1.86. The molecule has 3 saturated carbocycles. The number of piperidine rings is 1. The van der Waals surface area contributed by atoms with Crippen LogP contribution in [0.2, 0.25) is 0 Å². The van der Waals surface area contributed by atoms with Gasteiger partial charge in [0, 0.05) is 6.54 Å². The molecule has 1 nitrogen and oxygen atoms in total. The normalized spacial score (nSPS) is 64.8. The van der Waals surface area contributed by atoms with E-state index >= 15 is 0 Å². The van der Waals surface area contributed by atoms with Crippen LogP contribution in [0.25, 0.3) is 0 Å². The second kappa shape index (κ2) is 0.911. The molecule has 1 saturated heterocycles. The predicted molar refractivity (Wildman–Crippen MR) is 38.6 cm³/mol. The van der Waals surface area contributed by atoms with Crippen LogP contribution < -0.4 is 5.32 Å². The monoisotopic (exact) mass is 135 g/mol. The van der Waals surface area contributed by atoms with Crippen LogP contribution in [0.5, 0.6) is 0 Å². The van der Waals surface area contributed by atoms with Gasteiger partial charge in [0.1, 0.15) is 0 Å². The van der Waals surface area contributed by atoms with Crippen LogP contribution in [0.4, 0.5) is 0 Å². The smallest absolute Gasteiger partial charge is 0.00191 e. The molecule has 4 rings (SSSR count). The SMILES string of the molecule is C1CC23CC2(CN1)C31CC1. The molecule has 1 heterocycles. The Hall–Kier alpha value is -0.0400. The summed E-state index contributed by atoms with van der Waals surface area (Å²) in [6, 6.07) is 0. The minimum atomic E-state index is 0.887. The largest absolute Gasteiger partial charge is 0.316 e. The second-order valence-corrected chi connectivity index (χ2v) is 4.85. The van der Waals surface area contributed by atoms with Crippen molar-refractivity contribution >= 4 is 0 Å². The molecular formula is C9H13N. The summed E-state index contributed by atoms with van der Waals surface area (Å²) in [5, 5.41) is 3.55. The van der Waals surface area contributed by atoms with E-state index in [0.717, 1.165) is 16.2 Å². The predicted octanol–water partition coefficient (Wildman–Crippen LogP) is 1.15. The Morgan fingerprint density at radius 1 is 0.900 bits per heavy atom. The first kappa shape index (κ1) is 4.76. The first-order valence-electron chi connectivity index (χ1n) is 4.58. The second-order valence-electron chi connectivity index (χ2n) is 4.85. The fraction of sp³-hybridized carbons (Fsp3) is 1.00. The quantitative estimate of drug-likeness (QED) is 0.525. The Kier molecular flexibility index (Phi) is 0.434. The summed E-state index contributed by atoms with van der Waals surface area (Å²) in [5.41, 5.74) is 2.77. The number of hydrogen-bond donors (Lipinski definition) is 1. The summed E-state index contributed by atoms with van der Waals surface area (Å²) in [7, 11) is 0. The summed E-state index contributed by atoms with van der Waals surface area (Å²) in [5.74, 6) is 0. The van der Waals surface area contributed by atoms with Gasteiger partial charge in [0.05, 0.1) is 0 Å². The molecule has 1 spiro atoms. The van der Waals surface area contributed by atoms with Crippen molar-refractivity contribution in [3.8, 4) is 0 Å². The third-order valence-electron chi connectivity index (χ3n) is 5.07. The molecular weight excluding hydrogens is 122 g/mol. The molecule has 0 aromatic heterocycles. The number of nitrogens with one attached hydrogen (secondary N) is 1. The fourth-order valence-corrected chi connectivity index (χ4v) is 4.37. The van der Waals surface area contributed by atoms with Crippen LogP contribution in [0.15, 0.2) is 0 Å². The molecule has 0 radical (unpaired) electrons. The van der Waals surface area contributed by atoms with E-state index in [1.807, 2.05) is 0 Å². The Bertz CT molecular complexity index is 211. The zero-order chi connectivity index (χ0) is 6.45. The van der Waals surface area contributed by atoms with Crippen LogP contribution >= 0.6 is 0 Å². The Morgan fingerprint density at radius 2 is 1.80 bits per heavy atom. The van der Waals surface area contributed by atoms with Gasteiger partial charge in [-0.3, -0.25) is 0 Å². The van der Waals surface area contributed by atoms with Gasteiger partial charge in [-0.25, -0.2) is 0 Å². The molecule has 4 aliphatic rings. The van der Waals surface area contributed by atoms with Gasteiger partial charge in [0.2, 0.25) is 0 Å². The van der Waals surface area contributed by atoms with Crippen LogP contribution in [-0.4, -0.2) is 13.1 Å². The number of hydrogen-bond acceptors (Lipinski definition) is 1. The molecule has 1 N–H and O–H groups in total. The Labute approximate surface area is 61.2 Å². The van der Waals surface area contributed by atoms with Crippen LogP contribution in [0.3, 0.4) is 0 Å². The minimum Gasteiger partial charge on any atom is -0.316 e. The topological polar surface area (TPSA) is 12.0 Å². The molecule has 10 heavy (non-hydrogen) atoms. The van der Waals surface area contributed by atoms with E-state index in [1.165, 1.54) is 19.5 Å². The molecule has 0 amide bonds. The summed E-state index contributed by atoms with van der Waals surface area (Å²) < 4.78 is 0. The Morgan fingerprint density at radius 3 is 2.40 bits per heavy atom. The molecule has 1 aliphatic heterocycles. The van der Waals surface area contributed by atoms with E-state index in [4.69, 9.17) is 0 Å². The van der Waals surface area contributed by atoms with E-state index in [-0.39, 0.29) is 0 Å². The number of rotatable bonds is 0. The van der Waals surface area contributed by atoms with Gasteiger partial charge in [-0.15, -0.1) is 0 Å². The van der Waals surface area contributed by atoms with Gasteiger partial charge in [0.25, 0.3) is 0 Å². The summed E-state index contributed by atoms with van der Waals surface area (Å²) in [6.45, 7) is 2.68. The fourth-order valence-electron chi connectivity index (χ4n) is 4.37. The maximum Gasteiger partial charge on any atom is 0.00191 e. The third-order valence-corrected chi connectivity index (χ3v) is 5.07. The maximum absolute atomic E-state index is 3.55. The molecule has 0 bridgehead atoms. The molecule has 0 aromatic rings. The maximum atomic E-state index is 3.55. The van der Waals surface area contributed by atoms with Crippen molar-refractivity contribution in [1.29, 1.82) is 0 Å². The minimum absolute atomic E-state index is 0.887. The zero-order valence-electron chi connectivity index (χ0n) is 6.24. The lowest BCUT2D eigenvalue weighted by Gasteiger charge is -2.07. The van der Waals surface area contributed by atoms with Crippen molar-refractivity contribution in [2.24, 2.45) is 16.2 Å². The van der Waals surface area contributed by atoms with Gasteiger partial charge in [0.15, 0.2) is 0 Å². The molecule has 0 aromatic carbocycles. The van der Waals surface area contributed by atoms with Crippen LogP contribution in [-0.2, 0) is 0 Å². The van der Waals surface area contributed by atoms with Crippen molar-refractivity contribution in [3.63, 3.8) is 0 Å². The lowest BCUT2D eigenvalue weighted by molar-refractivity contribution is 0.437. The van der Waals surface area contributed by atoms with Gasteiger partial charge in [-0.1, -0.05) is 0 Å². The molecule has 2 unspecified atom stereocenters. The van der Waals surface area contributed by atoms with Gasteiger partial charge in [-0.2, -0.15) is 0 Å². The first-order valence-corrected chi connectivity index (χ1v) is 4.58. The summed E-state index contributed by atoms with van der Waals surface area (Å²) in [4.78, 5) is 0. The van der Waals surface area contributed by atoms with Crippen molar-refractivity contribution in [3.05, 3.63) is 0 Å². The average molecular weight is 135 g/mol. The first-order chi connectivity index (χ1) is 4.87. The summed E-state index contributed by atoms with van der Waals surface area (Å²) in [6.07, 6.45) is 6.25. The molecule has 54 valence electrons. The highest BCUT2D eigenvalue weighted by Gasteiger charge is 3.01. The van der Waals surface area contributed by atoms with Crippen molar-refractivity contribution < 1.29 is 0 Å². The molecule has 4 fully saturated rings. The van der Waals surface area contributed by atoms with Crippen molar-refractivity contribution in [2.75, 3.05) is 13.1 Å². The van der Waals surface area contributed by atoms with E-state index in [1.54, 1.807) is 19.3 Å². The summed E-state index contributed by atoms with van der Waals surface area (Å²) >= 11 is 0. The average Bonchev–Trinajstić information content (AvgIpc) is 2.85. The van der Waals surface area contributed by atoms with Crippen molar-refractivity contribution in [2.45, 2.75) is 25.7 Å². The lowest BCUT2D eigenvalue weighted by atomic mass is 9.98. The van der Waals surface area contributed by atoms with E-state index in [9.17, 15) is 0 Å². The van der Waals surface area contributed by atoms with E-state index in [2.05, 4.69) is 5.32 Å². The standard InChI is InChI=1S/C9H13N/c1-2-7(1)8-3-4-10-6-9(7,8)5-8/h10H,1-6H2. The van der Waals surface area contributed by atoms with Gasteiger partial charge >= 0.3 is 0 Å². The third kappa shape index (κ3) is 0.209. The molecule has 1 heteroatoms. The van der Waals surface area contributed by atoms with E-state index < -0.39 is 0 Å². The van der Waals surface area contributed by atoms with Gasteiger partial charge in [-0.05, 0) is 48.5 Å². The molecule has 3 aliphatic carbocycles. The van der Waals surface area contributed by atoms with E-state index in [0.29, 0.717) is 0 Å². The highest BCUT2D eigenvalue weighted by molar-refractivity contribution is 5.50. The lowest BCUT2D eigenvalue weighted by Crippen LogP contribution is -2.24. The van der Waals surface area contributed by atoms with Crippen molar-refractivity contribution in [1.82, 2.24) is 5.32 Å². The zero-order valence-corrected chi connectivity index (χ0v) is 6.24. The highest BCUT2D eigenvalue weighted by atomic mass is 15.1. The highest BCUT2D eigenvalue weighted by Crippen LogP contribution is 3.06.